The minimum atomic E-state index is -2.64. The predicted molar refractivity (Wildman–Crippen MR) is 95.3 cm³/mol. The van der Waals surface area contributed by atoms with E-state index < -0.39 is 14.3 Å². The largest absolute Gasteiger partial charge is 0.462 e. The topological polar surface area (TPSA) is 35.5 Å². The van der Waals surface area contributed by atoms with Crippen LogP contribution in [0.15, 0.2) is 73.3 Å². The van der Waals surface area contributed by atoms with E-state index in [1.807, 2.05) is 36.4 Å². The van der Waals surface area contributed by atoms with E-state index in [2.05, 4.69) is 37.8 Å². The van der Waals surface area contributed by atoms with Gasteiger partial charge in [-0.2, -0.15) is 0 Å². The summed E-state index contributed by atoms with van der Waals surface area (Å²) in [6.45, 7) is 6.17. The molecule has 2 rings (SSSR count). The minimum absolute atomic E-state index is 0.242. The van der Waals surface area contributed by atoms with Crippen LogP contribution in [0.3, 0.4) is 0 Å². The lowest BCUT2D eigenvalue weighted by atomic mass is 10.4. The molecule has 0 saturated carbocycles. The van der Waals surface area contributed by atoms with Crippen LogP contribution in [0.25, 0.3) is 0 Å². The zero-order valence-corrected chi connectivity index (χ0v) is 14.4. The lowest BCUT2D eigenvalue weighted by Gasteiger charge is -2.31. The highest BCUT2D eigenvalue weighted by molar-refractivity contribution is 6.97. The van der Waals surface area contributed by atoms with Gasteiger partial charge in [-0.25, -0.2) is 4.79 Å². The number of esters is 1. The Morgan fingerprint density at radius 1 is 1.04 bits per heavy atom. The molecule has 23 heavy (non-hydrogen) atoms. The average molecular weight is 326 g/mol. The van der Waals surface area contributed by atoms with Gasteiger partial charge in [-0.1, -0.05) is 74.2 Å². The molecule has 0 radical (unpaired) electrons. The fourth-order valence-corrected chi connectivity index (χ4v) is 5.91. The van der Waals surface area contributed by atoms with E-state index >= 15 is 0 Å². The normalized spacial score (nSPS) is 11.0. The second kappa shape index (κ2) is 8.46. The van der Waals surface area contributed by atoms with Crippen molar-refractivity contribution >= 4 is 24.7 Å². The molecule has 0 bridgehead atoms. The Labute approximate surface area is 138 Å². The summed E-state index contributed by atoms with van der Waals surface area (Å²) in [5, 5.41) is 2.19. The second-order valence-electron chi connectivity index (χ2n) is 5.22. The molecular formula is C19H22O3Si. The molecule has 2 aromatic rings. The van der Waals surface area contributed by atoms with Gasteiger partial charge in [-0.05, 0) is 16.8 Å². The van der Waals surface area contributed by atoms with Crippen molar-refractivity contribution < 1.29 is 14.0 Å². The first kappa shape index (κ1) is 17.2. The number of hydrogen-bond donors (Lipinski definition) is 0. The highest BCUT2D eigenvalue weighted by Gasteiger charge is 2.41. The first-order valence-electron chi connectivity index (χ1n) is 7.77. The molecule has 4 heteroatoms. The molecule has 0 spiro atoms. The molecule has 0 aliphatic carbocycles. The van der Waals surface area contributed by atoms with Crippen LogP contribution in [0.1, 0.15) is 13.3 Å². The Kier molecular flexibility index (Phi) is 6.32. The van der Waals surface area contributed by atoms with E-state index in [4.69, 9.17) is 9.16 Å². The van der Waals surface area contributed by atoms with Crippen molar-refractivity contribution in [3.63, 3.8) is 0 Å². The fraction of sp³-hybridized carbons (Fsp3) is 0.211. The van der Waals surface area contributed by atoms with Gasteiger partial charge in [-0.15, -0.1) is 0 Å². The van der Waals surface area contributed by atoms with Crippen LogP contribution >= 0.6 is 0 Å². The lowest BCUT2D eigenvalue weighted by molar-refractivity contribution is -0.136. The number of rotatable bonds is 8. The predicted octanol–water partition coefficient (Wildman–Crippen LogP) is 2.44. The van der Waals surface area contributed by atoms with Crippen LogP contribution in [0, 0.1) is 0 Å². The van der Waals surface area contributed by atoms with E-state index in [1.54, 1.807) is 0 Å². The van der Waals surface area contributed by atoms with Crippen LogP contribution in [-0.4, -0.2) is 27.1 Å². The molecule has 0 atom stereocenters. The minimum Gasteiger partial charge on any atom is -0.462 e. The highest BCUT2D eigenvalue weighted by Crippen LogP contribution is 2.10. The molecule has 0 amide bonds. The standard InChI is InChI=1S/C19H22O3Si/c1-3-15-22-23(16-21-19(20)4-2,17-11-7-5-8-12-17)18-13-9-6-10-14-18/h4-14H,2-3,15-16H2,1H3. The van der Waals surface area contributed by atoms with Crippen LogP contribution < -0.4 is 10.4 Å². The second-order valence-corrected chi connectivity index (χ2v) is 8.61. The molecule has 0 aromatic heterocycles. The SMILES string of the molecule is C=CC(=O)OC[Si](OCCC)(c1ccccc1)c1ccccc1. The first-order valence-corrected chi connectivity index (χ1v) is 9.88. The van der Waals surface area contributed by atoms with Crippen LogP contribution in [0.2, 0.25) is 0 Å². The maximum atomic E-state index is 11.6. The Morgan fingerprint density at radius 2 is 1.57 bits per heavy atom. The number of carbonyl (C=O) groups is 1. The van der Waals surface area contributed by atoms with Crippen molar-refractivity contribution in [1.82, 2.24) is 0 Å². The maximum absolute atomic E-state index is 11.6. The van der Waals surface area contributed by atoms with Crippen molar-refractivity contribution in [2.75, 3.05) is 12.8 Å². The number of hydrogen-bond acceptors (Lipinski definition) is 3. The summed E-state index contributed by atoms with van der Waals surface area (Å²) in [6, 6.07) is 20.1. The lowest BCUT2D eigenvalue weighted by Crippen LogP contribution is -2.64. The molecule has 2 aromatic carbocycles. The average Bonchev–Trinajstić information content (AvgIpc) is 2.63. The van der Waals surface area contributed by atoms with Crippen LogP contribution in [0.4, 0.5) is 0 Å². The van der Waals surface area contributed by atoms with Gasteiger partial charge in [0.25, 0.3) is 8.32 Å². The third kappa shape index (κ3) is 4.18. The zero-order valence-electron chi connectivity index (χ0n) is 13.4. The van der Waals surface area contributed by atoms with E-state index in [1.165, 1.54) is 6.08 Å². The molecule has 0 fully saturated rings. The Bertz CT molecular complexity index is 586. The summed E-state index contributed by atoms with van der Waals surface area (Å²) in [5.41, 5.74) is 0. The fourth-order valence-electron chi connectivity index (χ4n) is 2.46. The molecule has 120 valence electrons. The summed E-state index contributed by atoms with van der Waals surface area (Å²) < 4.78 is 11.8. The summed E-state index contributed by atoms with van der Waals surface area (Å²) in [4.78, 5) is 11.6. The summed E-state index contributed by atoms with van der Waals surface area (Å²) in [5.74, 6) is -0.422. The zero-order chi connectivity index (χ0) is 16.5. The molecule has 3 nitrogen and oxygen atoms in total. The third-order valence-electron chi connectivity index (χ3n) is 3.62. The summed E-state index contributed by atoms with van der Waals surface area (Å²) in [6.07, 6.45) is 2.34. The number of ether oxygens (including phenoxy) is 1. The molecule has 0 heterocycles. The molecule has 0 N–H and O–H groups in total. The van der Waals surface area contributed by atoms with Crippen LogP contribution in [-0.2, 0) is 14.0 Å². The van der Waals surface area contributed by atoms with Crippen molar-refractivity contribution in [3.05, 3.63) is 73.3 Å². The third-order valence-corrected chi connectivity index (χ3v) is 7.40. The maximum Gasteiger partial charge on any atom is 0.329 e. The van der Waals surface area contributed by atoms with Crippen molar-refractivity contribution in [1.29, 1.82) is 0 Å². The summed E-state index contributed by atoms with van der Waals surface area (Å²) >= 11 is 0. The Morgan fingerprint density at radius 3 is 2.00 bits per heavy atom. The highest BCUT2D eigenvalue weighted by atomic mass is 28.4. The van der Waals surface area contributed by atoms with Crippen molar-refractivity contribution in [2.45, 2.75) is 13.3 Å². The number of carbonyl (C=O) groups excluding carboxylic acids is 1. The summed E-state index contributed by atoms with van der Waals surface area (Å²) in [7, 11) is -2.64. The van der Waals surface area contributed by atoms with Gasteiger partial charge >= 0.3 is 5.97 Å². The Hall–Kier alpha value is -2.17. The van der Waals surface area contributed by atoms with Gasteiger partial charge in [0.2, 0.25) is 0 Å². The quantitative estimate of drug-likeness (QED) is 0.425. The molecule has 0 unspecified atom stereocenters. The van der Waals surface area contributed by atoms with Crippen LogP contribution in [0.5, 0.6) is 0 Å². The van der Waals surface area contributed by atoms with Gasteiger partial charge in [-0.3, -0.25) is 0 Å². The molecule has 0 aliphatic heterocycles. The van der Waals surface area contributed by atoms with Crippen molar-refractivity contribution in [2.24, 2.45) is 0 Å². The van der Waals surface area contributed by atoms with E-state index in [9.17, 15) is 4.79 Å². The smallest absolute Gasteiger partial charge is 0.329 e. The van der Waals surface area contributed by atoms with Gasteiger partial charge in [0.05, 0.1) is 0 Å². The first-order chi connectivity index (χ1) is 11.2. The number of benzene rings is 2. The van der Waals surface area contributed by atoms with Gasteiger partial charge in [0.1, 0.15) is 6.23 Å². The monoisotopic (exact) mass is 326 g/mol. The molecule has 0 saturated heterocycles. The van der Waals surface area contributed by atoms with Crippen molar-refractivity contribution in [3.8, 4) is 0 Å². The van der Waals surface area contributed by atoms with E-state index in [0.29, 0.717) is 6.61 Å². The van der Waals surface area contributed by atoms with Gasteiger partial charge in [0, 0.05) is 12.7 Å². The Balaban J connectivity index is 2.48. The molecular weight excluding hydrogens is 304 g/mol. The van der Waals surface area contributed by atoms with Gasteiger partial charge < -0.3 is 9.16 Å². The van der Waals surface area contributed by atoms with E-state index in [-0.39, 0.29) is 6.23 Å². The molecule has 0 aliphatic rings. The van der Waals surface area contributed by atoms with E-state index in [0.717, 1.165) is 16.8 Å². The van der Waals surface area contributed by atoms with Gasteiger partial charge in [0.15, 0.2) is 0 Å².